The second-order valence-corrected chi connectivity index (χ2v) is 7.54. The molecule has 0 spiro atoms. The first-order chi connectivity index (χ1) is 14.0. The van der Waals surface area contributed by atoms with E-state index in [4.69, 9.17) is 0 Å². The SMILES string of the molecule is CC1=[C-]C(C)C(C)=C1C.CCCc1ccccc1-c1c[cH-]c2ccccc12.Cl.Cl.[CH3-].[CH3-].[Si]=[Zr]. The van der Waals surface area contributed by atoms with Crippen molar-refractivity contribution in [2.75, 3.05) is 0 Å². The van der Waals surface area contributed by atoms with Gasteiger partial charge in [0.05, 0.1) is 0 Å². The molecule has 0 nitrogen and oxygen atoms in total. The normalized spacial score (nSPS) is 13.5. The summed E-state index contributed by atoms with van der Waals surface area (Å²) in [6, 6.07) is 21.9. The van der Waals surface area contributed by atoms with Gasteiger partial charge >= 0.3 is 30.2 Å². The summed E-state index contributed by atoms with van der Waals surface area (Å²) in [6.07, 6.45) is 5.70. The van der Waals surface area contributed by atoms with Crippen molar-refractivity contribution in [1.29, 1.82) is 0 Å². The Labute approximate surface area is 232 Å². The van der Waals surface area contributed by atoms with Crippen molar-refractivity contribution < 1.29 is 23.3 Å². The molecule has 0 bridgehead atoms. The topological polar surface area (TPSA) is 0 Å². The first-order valence-corrected chi connectivity index (χ1v) is 14.5. The van der Waals surface area contributed by atoms with E-state index >= 15 is 0 Å². The fourth-order valence-electron chi connectivity index (χ4n) is 3.82. The third-order valence-electron chi connectivity index (χ3n) is 5.74. The monoisotopic (exact) mass is 574 g/mol. The Morgan fingerprint density at radius 2 is 1.48 bits per heavy atom. The fraction of sp³-hybridized carbons (Fsp3) is 0.276. The van der Waals surface area contributed by atoms with Crippen LogP contribution in [0.5, 0.6) is 0 Å². The molecule has 0 aliphatic heterocycles. The molecule has 0 saturated carbocycles. The summed E-state index contributed by atoms with van der Waals surface area (Å²) >= 11 is 1.36. The van der Waals surface area contributed by atoms with E-state index in [2.05, 4.69) is 108 Å². The molecule has 4 heteroatoms. The summed E-state index contributed by atoms with van der Waals surface area (Å²) in [7, 11) is 0. The fourth-order valence-corrected chi connectivity index (χ4v) is 3.82. The zero-order valence-electron chi connectivity index (χ0n) is 21.1. The van der Waals surface area contributed by atoms with Crippen molar-refractivity contribution in [2.45, 2.75) is 47.5 Å². The van der Waals surface area contributed by atoms with Gasteiger partial charge in [-0.15, -0.1) is 78.4 Å². The molecular formula is C29H38Cl2SiZr-4. The van der Waals surface area contributed by atoms with Crippen LogP contribution in [0.3, 0.4) is 0 Å². The van der Waals surface area contributed by atoms with E-state index in [1.54, 1.807) is 0 Å². The number of rotatable bonds is 3. The Morgan fingerprint density at radius 1 is 0.909 bits per heavy atom. The van der Waals surface area contributed by atoms with Gasteiger partial charge in [-0.25, -0.2) is 5.57 Å². The van der Waals surface area contributed by atoms with E-state index in [1.807, 2.05) is 0 Å². The minimum absolute atomic E-state index is 0. The number of fused-ring (bicyclic) bond motifs is 1. The molecule has 0 saturated heterocycles. The van der Waals surface area contributed by atoms with Gasteiger partial charge in [0.2, 0.25) is 0 Å². The molecule has 3 aromatic rings. The summed E-state index contributed by atoms with van der Waals surface area (Å²) in [4.78, 5) is 0. The van der Waals surface area contributed by atoms with Crippen LogP contribution >= 0.6 is 24.8 Å². The molecule has 1 aliphatic rings. The maximum absolute atomic E-state index is 3.36. The molecule has 1 atom stereocenters. The van der Waals surface area contributed by atoms with E-state index in [1.165, 1.54) is 73.9 Å². The van der Waals surface area contributed by atoms with Crippen LogP contribution in [0.2, 0.25) is 0 Å². The molecule has 180 valence electrons. The Balaban J connectivity index is -0.000000522. The molecule has 3 aromatic carbocycles. The van der Waals surface area contributed by atoms with Gasteiger partial charge in [0, 0.05) is 0 Å². The van der Waals surface area contributed by atoms with Gasteiger partial charge in [-0.2, -0.15) is 11.1 Å². The number of hydrogen-bond acceptors (Lipinski definition) is 0. The molecule has 0 fully saturated rings. The maximum atomic E-state index is 3.36. The first-order valence-electron chi connectivity index (χ1n) is 10.3. The Hall–Kier alpha value is -0.790. The second-order valence-electron chi connectivity index (χ2n) is 7.54. The quantitative estimate of drug-likeness (QED) is 0.215. The molecule has 1 unspecified atom stereocenters. The van der Waals surface area contributed by atoms with Crippen LogP contribution in [-0.2, 0) is 29.8 Å². The molecule has 33 heavy (non-hydrogen) atoms. The van der Waals surface area contributed by atoms with Crippen molar-refractivity contribution >= 4 is 42.5 Å². The van der Waals surface area contributed by atoms with Crippen molar-refractivity contribution in [3.8, 4) is 11.1 Å². The van der Waals surface area contributed by atoms with Crippen molar-refractivity contribution in [3.05, 3.63) is 104 Å². The average molecular weight is 577 g/mol. The summed E-state index contributed by atoms with van der Waals surface area (Å²) in [5.41, 5.74) is 8.46. The standard InChI is InChI=1S/C18H17.C9H13.2CH3.2ClH.Si.Zr/c1-2-7-14-8-3-5-10-16(14)18-13-12-15-9-4-6-11-17(15)18;1-6-5-7(2)9(4)8(6)3;;;;;;/h3-6,8-13H,2,7H2,1H3;6H,1-4H3;2*1H3;2*1H;;/q4*-1;;;;. The number of aryl methyl sites for hydroxylation is 1. The van der Waals surface area contributed by atoms with Gasteiger partial charge in [-0.3, -0.25) is 6.08 Å². The number of halogens is 2. The van der Waals surface area contributed by atoms with Crippen molar-refractivity contribution in [1.82, 2.24) is 0 Å². The summed E-state index contributed by atoms with van der Waals surface area (Å²) in [5.74, 6) is 0.560. The minimum atomic E-state index is 0. The molecule has 0 amide bonds. The Morgan fingerprint density at radius 3 is 2.00 bits per heavy atom. The van der Waals surface area contributed by atoms with E-state index in [0.717, 1.165) is 6.42 Å². The van der Waals surface area contributed by atoms with Crippen LogP contribution in [0.15, 0.2) is 77.4 Å². The van der Waals surface area contributed by atoms with Crippen LogP contribution in [0.4, 0.5) is 0 Å². The molecule has 0 aromatic heterocycles. The van der Waals surface area contributed by atoms with Crippen LogP contribution in [0.1, 0.15) is 46.6 Å². The summed E-state index contributed by atoms with van der Waals surface area (Å²) < 4.78 is 0. The van der Waals surface area contributed by atoms with Gasteiger partial charge in [0.1, 0.15) is 0 Å². The molecule has 4 rings (SSSR count). The van der Waals surface area contributed by atoms with E-state index in [9.17, 15) is 0 Å². The first kappa shape index (κ1) is 36.8. The van der Waals surface area contributed by atoms with Gasteiger partial charge in [0.15, 0.2) is 0 Å². The van der Waals surface area contributed by atoms with Gasteiger partial charge < -0.3 is 14.9 Å². The molecular weight excluding hydrogens is 539 g/mol. The van der Waals surface area contributed by atoms with Gasteiger partial charge in [-0.05, 0) is 6.42 Å². The van der Waals surface area contributed by atoms with E-state index in [-0.39, 0.29) is 39.7 Å². The third kappa shape index (κ3) is 9.41. The van der Waals surface area contributed by atoms with Crippen molar-refractivity contribution in [3.63, 3.8) is 0 Å². The number of benzene rings is 2. The number of allylic oxidation sites excluding steroid dienone is 4. The van der Waals surface area contributed by atoms with Crippen LogP contribution in [-0.4, -0.2) is 6.88 Å². The van der Waals surface area contributed by atoms with E-state index in [0.29, 0.717) is 5.92 Å². The van der Waals surface area contributed by atoms with E-state index < -0.39 is 0 Å². The Kier molecular flexibility index (Phi) is 20.6. The zero-order valence-corrected chi connectivity index (χ0v) is 26.2. The predicted octanol–water partition coefficient (Wildman–Crippen LogP) is 9.26. The molecule has 0 N–H and O–H groups in total. The van der Waals surface area contributed by atoms with Crippen molar-refractivity contribution in [2.24, 2.45) is 5.92 Å². The second kappa shape index (κ2) is 18.5. The van der Waals surface area contributed by atoms with Gasteiger partial charge in [0.25, 0.3) is 0 Å². The van der Waals surface area contributed by atoms with Crippen LogP contribution in [0, 0.1) is 26.8 Å². The Bertz CT molecular complexity index is 1020. The van der Waals surface area contributed by atoms with Gasteiger partial charge in [-0.1, -0.05) is 81.5 Å². The zero-order chi connectivity index (χ0) is 21.4. The predicted molar refractivity (Wildman–Crippen MR) is 152 cm³/mol. The van der Waals surface area contributed by atoms with Crippen LogP contribution < -0.4 is 0 Å². The number of hydrogen-bond donors (Lipinski definition) is 0. The molecule has 2 radical (unpaired) electrons. The third-order valence-corrected chi connectivity index (χ3v) is 5.74. The molecule has 1 aliphatic carbocycles. The summed E-state index contributed by atoms with van der Waals surface area (Å²) in [5, 5.41) is 2.69. The average Bonchev–Trinajstić information content (AvgIpc) is 3.27. The summed E-state index contributed by atoms with van der Waals surface area (Å²) in [6.45, 7) is 14.0. The van der Waals surface area contributed by atoms with Crippen LogP contribution in [0.25, 0.3) is 21.9 Å². The molecule has 0 heterocycles.